The molecule has 0 unspecified atom stereocenters. The Kier molecular flexibility index (Phi) is 2.36. The van der Waals surface area contributed by atoms with Gasteiger partial charge in [-0.25, -0.2) is 4.98 Å². The number of imidazole rings is 1. The molecule has 2 fully saturated rings. The van der Waals surface area contributed by atoms with Crippen molar-refractivity contribution in [1.82, 2.24) is 9.55 Å². The fourth-order valence-electron chi connectivity index (χ4n) is 3.31. The highest BCUT2D eigenvalue weighted by molar-refractivity contribution is 5.32. The van der Waals surface area contributed by atoms with E-state index in [1.54, 1.807) is 0 Å². The molecule has 3 rings (SSSR count). The van der Waals surface area contributed by atoms with E-state index in [4.69, 9.17) is 0 Å². The molecule has 2 saturated carbocycles. The second-order valence-corrected chi connectivity index (χ2v) is 7.22. The second-order valence-electron chi connectivity index (χ2n) is 7.22. The van der Waals surface area contributed by atoms with Crippen LogP contribution in [0.4, 0.5) is 5.95 Å². The Hall–Kier alpha value is -0.990. The Morgan fingerprint density at radius 1 is 1.28 bits per heavy atom. The van der Waals surface area contributed by atoms with Gasteiger partial charge in [0.15, 0.2) is 0 Å². The number of aryl methyl sites for hydroxylation is 1. The fraction of sp³-hybridized carbons (Fsp3) is 0.800. The second kappa shape index (κ2) is 3.52. The molecule has 2 aliphatic rings. The molecule has 0 aliphatic heterocycles. The van der Waals surface area contributed by atoms with E-state index in [9.17, 15) is 0 Å². The van der Waals surface area contributed by atoms with Crippen molar-refractivity contribution in [3.05, 3.63) is 11.9 Å². The summed E-state index contributed by atoms with van der Waals surface area (Å²) in [6.45, 7) is 12.6. The van der Waals surface area contributed by atoms with Gasteiger partial charge in [0, 0.05) is 18.8 Å². The van der Waals surface area contributed by atoms with E-state index >= 15 is 0 Å². The van der Waals surface area contributed by atoms with Crippen molar-refractivity contribution in [2.45, 2.75) is 53.5 Å². The van der Waals surface area contributed by atoms with Gasteiger partial charge in [-0.15, -0.1) is 0 Å². The molecule has 0 radical (unpaired) electrons. The van der Waals surface area contributed by atoms with E-state index in [0.29, 0.717) is 16.9 Å². The Morgan fingerprint density at radius 3 is 2.39 bits per heavy atom. The summed E-state index contributed by atoms with van der Waals surface area (Å²) < 4.78 is 2.33. The molecular formula is C15H25N3. The third-order valence-corrected chi connectivity index (χ3v) is 5.58. The maximum atomic E-state index is 4.62. The van der Waals surface area contributed by atoms with Crippen LogP contribution in [-0.4, -0.2) is 16.1 Å². The number of nitrogens with one attached hydrogen (secondary N) is 1. The molecular weight excluding hydrogens is 222 g/mol. The van der Waals surface area contributed by atoms with E-state index in [0.717, 1.165) is 24.1 Å². The molecule has 1 aromatic rings. The fourth-order valence-corrected chi connectivity index (χ4v) is 3.31. The first-order valence-electron chi connectivity index (χ1n) is 7.13. The minimum Gasteiger partial charge on any atom is -0.355 e. The number of hydrogen-bond acceptors (Lipinski definition) is 2. The lowest BCUT2D eigenvalue weighted by Crippen LogP contribution is -2.12. The summed E-state index contributed by atoms with van der Waals surface area (Å²) in [7, 11) is 0. The molecule has 2 aliphatic carbocycles. The summed E-state index contributed by atoms with van der Waals surface area (Å²) in [6, 6.07) is 0.703. The van der Waals surface area contributed by atoms with Crippen LogP contribution < -0.4 is 5.32 Å². The van der Waals surface area contributed by atoms with E-state index < -0.39 is 0 Å². The van der Waals surface area contributed by atoms with E-state index in [-0.39, 0.29) is 0 Å². The van der Waals surface area contributed by atoms with Gasteiger partial charge in [-0.1, -0.05) is 27.7 Å². The van der Waals surface area contributed by atoms with Gasteiger partial charge in [-0.3, -0.25) is 0 Å². The topological polar surface area (TPSA) is 29.9 Å². The lowest BCUT2D eigenvalue weighted by Gasteiger charge is -2.09. The number of hydrogen-bond donors (Lipinski definition) is 1. The van der Waals surface area contributed by atoms with E-state index in [1.165, 1.54) is 12.8 Å². The van der Waals surface area contributed by atoms with Crippen LogP contribution in [0, 0.1) is 23.7 Å². The third-order valence-electron chi connectivity index (χ3n) is 5.58. The van der Waals surface area contributed by atoms with Crippen molar-refractivity contribution in [2.75, 3.05) is 11.9 Å². The predicted molar refractivity (Wildman–Crippen MR) is 74.8 cm³/mol. The van der Waals surface area contributed by atoms with Crippen molar-refractivity contribution in [3.8, 4) is 0 Å². The monoisotopic (exact) mass is 247 g/mol. The zero-order valence-electron chi connectivity index (χ0n) is 12.2. The highest BCUT2D eigenvalue weighted by Gasteiger charge is 2.64. The molecule has 1 N–H and O–H groups in total. The van der Waals surface area contributed by atoms with Crippen molar-refractivity contribution >= 4 is 5.95 Å². The first-order chi connectivity index (χ1) is 8.34. The minimum atomic E-state index is 0.450. The smallest absolute Gasteiger partial charge is 0.203 e. The van der Waals surface area contributed by atoms with Crippen LogP contribution in [0.1, 0.15) is 52.3 Å². The average molecular weight is 247 g/mol. The molecule has 3 heteroatoms. The van der Waals surface area contributed by atoms with Crippen LogP contribution in [0.2, 0.25) is 0 Å². The number of aromatic nitrogens is 2. The van der Waals surface area contributed by atoms with Gasteiger partial charge in [-0.05, 0) is 36.5 Å². The Balaban J connectivity index is 1.68. The molecule has 0 aromatic carbocycles. The molecule has 0 saturated heterocycles. The number of rotatable bonds is 4. The standard InChI is InChI=1S/C15H25N3/c1-10-9-18(11-6-7-11)13(17-10)16-8-12-14(2,3)15(12,4)5/h9,11-12H,6-8H2,1-5H3,(H,16,17). The molecule has 1 heterocycles. The Bertz CT molecular complexity index is 452. The summed E-state index contributed by atoms with van der Waals surface area (Å²) in [5.74, 6) is 1.82. The first kappa shape index (κ1) is 12.1. The van der Waals surface area contributed by atoms with Crippen LogP contribution in [-0.2, 0) is 0 Å². The zero-order valence-corrected chi connectivity index (χ0v) is 12.2. The van der Waals surface area contributed by atoms with Crippen LogP contribution in [0.25, 0.3) is 0 Å². The SMILES string of the molecule is Cc1cn(C2CC2)c(NCC2C(C)(C)C2(C)C)n1. The lowest BCUT2D eigenvalue weighted by molar-refractivity contribution is 0.457. The summed E-state index contributed by atoms with van der Waals surface area (Å²) in [5.41, 5.74) is 2.02. The maximum absolute atomic E-state index is 4.62. The highest BCUT2D eigenvalue weighted by atomic mass is 15.2. The minimum absolute atomic E-state index is 0.450. The van der Waals surface area contributed by atoms with Gasteiger partial charge < -0.3 is 9.88 Å². The quantitative estimate of drug-likeness (QED) is 0.880. The van der Waals surface area contributed by atoms with Crippen LogP contribution in [0.15, 0.2) is 6.20 Å². The first-order valence-corrected chi connectivity index (χ1v) is 7.13. The van der Waals surface area contributed by atoms with Crippen LogP contribution in [0.3, 0.4) is 0 Å². The molecule has 3 nitrogen and oxygen atoms in total. The summed E-state index contributed by atoms with van der Waals surface area (Å²) in [5, 5.41) is 3.58. The largest absolute Gasteiger partial charge is 0.355 e. The zero-order chi connectivity index (χ0) is 13.1. The van der Waals surface area contributed by atoms with Gasteiger partial charge in [0.2, 0.25) is 5.95 Å². The Labute approximate surface area is 110 Å². The summed E-state index contributed by atoms with van der Waals surface area (Å²) in [4.78, 5) is 4.62. The van der Waals surface area contributed by atoms with E-state index in [2.05, 4.69) is 55.7 Å². The summed E-state index contributed by atoms with van der Waals surface area (Å²) >= 11 is 0. The number of anilines is 1. The lowest BCUT2D eigenvalue weighted by atomic mass is 10.0. The average Bonchev–Trinajstić information content (AvgIpc) is 3.10. The normalized spacial score (nSPS) is 25.2. The highest BCUT2D eigenvalue weighted by Crippen LogP contribution is 2.68. The van der Waals surface area contributed by atoms with Crippen molar-refractivity contribution < 1.29 is 0 Å². The van der Waals surface area contributed by atoms with Gasteiger partial charge in [-0.2, -0.15) is 0 Å². The van der Waals surface area contributed by atoms with Crippen molar-refractivity contribution in [2.24, 2.45) is 16.7 Å². The third kappa shape index (κ3) is 1.67. The molecule has 18 heavy (non-hydrogen) atoms. The van der Waals surface area contributed by atoms with Crippen LogP contribution >= 0.6 is 0 Å². The molecule has 0 atom stereocenters. The van der Waals surface area contributed by atoms with Crippen molar-refractivity contribution in [1.29, 1.82) is 0 Å². The van der Waals surface area contributed by atoms with E-state index in [1.807, 2.05) is 0 Å². The van der Waals surface area contributed by atoms with Gasteiger partial charge >= 0.3 is 0 Å². The van der Waals surface area contributed by atoms with Crippen molar-refractivity contribution in [3.63, 3.8) is 0 Å². The summed E-state index contributed by atoms with van der Waals surface area (Å²) in [6.07, 6.45) is 4.80. The van der Waals surface area contributed by atoms with Gasteiger partial charge in [0.1, 0.15) is 0 Å². The van der Waals surface area contributed by atoms with Gasteiger partial charge in [0.25, 0.3) is 0 Å². The van der Waals surface area contributed by atoms with Crippen LogP contribution in [0.5, 0.6) is 0 Å². The maximum Gasteiger partial charge on any atom is 0.203 e. The predicted octanol–water partition coefficient (Wildman–Crippen LogP) is 3.62. The van der Waals surface area contributed by atoms with Gasteiger partial charge in [0.05, 0.1) is 5.69 Å². The molecule has 0 spiro atoms. The molecule has 0 bridgehead atoms. The molecule has 100 valence electrons. The molecule has 0 amide bonds. The number of nitrogens with zero attached hydrogens (tertiary/aromatic N) is 2. The molecule has 1 aromatic heterocycles. The Morgan fingerprint density at radius 2 is 1.89 bits per heavy atom.